The van der Waals surface area contributed by atoms with Crippen molar-refractivity contribution in [2.75, 3.05) is 0 Å². The van der Waals surface area contributed by atoms with Crippen LogP contribution in [0.5, 0.6) is 0 Å². The van der Waals surface area contributed by atoms with Crippen molar-refractivity contribution in [2.24, 2.45) is 0 Å². The zero-order valence-corrected chi connectivity index (χ0v) is 16.5. The summed E-state index contributed by atoms with van der Waals surface area (Å²) in [6.07, 6.45) is 10.7. The molecule has 0 bridgehead atoms. The summed E-state index contributed by atoms with van der Waals surface area (Å²) in [5.74, 6) is 0. The Morgan fingerprint density at radius 2 is 1.46 bits per heavy atom. The van der Waals surface area contributed by atoms with E-state index >= 15 is 0 Å². The molecule has 0 aliphatic carbocycles. The van der Waals surface area contributed by atoms with Gasteiger partial charge >= 0.3 is 0 Å². The van der Waals surface area contributed by atoms with Crippen molar-refractivity contribution in [1.29, 1.82) is 0 Å². The van der Waals surface area contributed by atoms with Gasteiger partial charge in [-0.25, -0.2) is 0 Å². The van der Waals surface area contributed by atoms with Crippen molar-refractivity contribution in [3.8, 4) is 22.8 Å². The van der Waals surface area contributed by atoms with Crippen LogP contribution in [0.25, 0.3) is 22.8 Å². The number of unbranched alkanes of at least 4 members (excludes halogenated alkanes) is 5. The van der Waals surface area contributed by atoms with Crippen LogP contribution in [0.2, 0.25) is 0 Å². The standard InChI is InChI=1S/C23H28N4O/c1-2-3-4-5-6-7-14-22(28)18-17-21(19-12-8-10-15-24-19)26-27-23(18)20-13-9-11-16-25-20/h8-13,15-17,22,28H,2-7,14H2,1H3. The third-order valence-corrected chi connectivity index (χ3v) is 4.85. The molecule has 0 radical (unpaired) electrons. The number of aliphatic hydroxyl groups is 1. The number of nitrogens with zero attached hydrogens (tertiary/aromatic N) is 4. The fourth-order valence-electron chi connectivity index (χ4n) is 3.28. The third kappa shape index (κ3) is 5.42. The second kappa shape index (κ2) is 10.6. The molecule has 0 aliphatic rings. The molecule has 3 aromatic rings. The van der Waals surface area contributed by atoms with Crippen LogP contribution >= 0.6 is 0 Å². The molecular weight excluding hydrogens is 348 g/mol. The van der Waals surface area contributed by atoms with E-state index in [2.05, 4.69) is 27.1 Å². The Bertz CT molecular complexity index is 840. The minimum Gasteiger partial charge on any atom is -0.388 e. The maximum absolute atomic E-state index is 10.9. The predicted octanol–water partition coefficient (Wildman–Crippen LogP) is 5.38. The van der Waals surface area contributed by atoms with Gasteiger partial charge in [-0.1, -0.05) is 57.6 Å². The second-order valence-electron chi connectivity index (χ2n) is 7.04. The summed E-state index contributed by atoms with van der Waals surface area (Å²) in [5, 5.41) is 19.7. The number of aromatic nitrogens is 4. The number of hydrogen-bond acceptors (Lipinski definition) is 5. The average Bonchev–Trinajstić information content (AvgIpc) is 2.77. The van der Waals surface area contributed by atoms with E-state index in [1.165, 1.54) is 25.7 Å². The van der Waals surface area contributed by atoms with Crippen molar-refractivity contribution >= 4 is 0 Å². The van der Waals surface area contributed by atoms with Crippen LogP contribution in [-0.2, 0) is 0 Å². The van der Waals surface area contributed by atoms with Gasteiger partial charge in [0.2, 0.25) is 0 Å². The van der Waals surface area contributed by atoms with E-state index in [1.807, 2.05) is 42.5 Å². The summed E-state index contributed by atoms with van der Waals surface area (Å²) >= 11 is 0. The van der Waals surface area contributed by atoms with E-state index in [0.29, 0.717) is 17.8 Å². The molecule has 0 aromatic carbocycles. The quantitative estimate of drug-likeness (QED) is 0.481. The van der Waals surface area contributed by atoms with Gasteiger partial charge in [0.05, 0.1) is 17.5 Å². The van der Waals surface area contributed by atoms with Crippen LogP contribution in [0.3, 0.4) is 0 Å². The monoisotopic (exact) mass is 376 g/mol. The van der Waals surface area contributed by atoms with E-state index in [-0.39, 0.29) is 0 Å². The molecule has 3 heterocycles. The summed E-state index contributed by atoms with van der Waals surface area (Å²) in [5.41, 5.74) is 3.54. The summed E-state index contributed by atoms with van der Waals surface area (Å²) < 4.78 is 0. The molecular formula is C23H28N4O. The van der Waals surface area contributed by atoms with Crippen LogP contribution in [0.4, 0.5) is 0 Å². The van der Waals surface area contributed by atoms with E-state index in [1.54, 1.807) is 12.4 Å². The smallest absolute Gasteiger partial charge is 0.117 e. The fraction of sp³-hybridized carbons (Fsp3) is 0.391. The first-order valence-electron chi connectivity index (χ1n) is 10.2. The predicted molar refractivity (Wildman–Crippen MR) is 111 cm³/mol. The molecule has 28 heavy (non-hydrogen) atoms. The topological polar surface area (TPSA) is 71.8 Å². The maximum atomic E-state index is 10.9. The Hall–Kier alpha value is -2.66. The third-order valence-electron chi connectivity index (χ3n) is 4.85. The van der Waals surface area contributed by atoms with E-state index in [4.69, 9.17) is 0 Å². The molecule has 1 unspecified atom stereocenters. The summed E-state index contributed by atoms with van der Waals surface area (Å²) in [7, 11) is 0. The van der Waals surface area contributed by atoms with Gasteiger partial charge < -0.3 is 5.11 Å². The van der Waals surface area contributed by atoms with Crippen molar-refractivity contribution < 1.29 is 5.11 Å². The molecule has 0 saturated carbocycles. The highest BCUT2D eigenvalue weighted by molar-refractivity contribution is 5.63. The molecule has 5 nitrogen and oxygen atoms in total. The normalized spacial score (nSPS) is 12.1. The van der Waals surface area contributed by atoms with Gasteiger partial charge in [-0.2, -0.15) is 0 Å². The van der Waals surface area contributed by atoms with Crippen LogP contribution in [-0.4, -0.2) is 25.3 Å². The molecule has 3 rings (SSSR count). The van der Waals surface area contributed by atoms with E-state index in [9.17, 15) is 5.11 Å². The van der Waals surface area contributed by atoms with Gasteiger partial charge in [0, 0.05) is 18.0 Å². The van der Waals surface area contributed by atoms with Gasteiger partial charge in [-0.05, 0) is 36.8 Å². The highest BCUT2D eigenvalue weighted by Gasteiger charge is 2.18. The summed E-state index contributed by atoms with van der Waals surface area (Å²) in [6.45, 7) is 2.22. The number of hydrogen-bond donors (Lipinski definition) is 1. The highest BCUT2D eigenvalue weighted by atomic mass is 16.3. The zero-order chi connectivity index (χ0) is 19.6. The van der Waals surface area contributed by atoms with Crippen LogP contribution in [0, 0.1) is 0 Å². The molecule has 0 fully saturated rings. The molecule has 3 aromatic heterocycles. The van der Waals surface area contributed by atoms with Gasteiger partial charge in [0.1, 0.15) is 11.4 Å². The number of rotatable bonds is 10. The van der Waals surface area contributed by atoms with E-state index in [0.717, 1.165) is 29.8 Å². The van der Waals surface area contributed by atoms with E-state index < -0.39 is 6.10 Å². The zero-order valence-electron chi connectivity index (χ0n) is 16.5. The first-order chi connectivity index (χ1) is 13.8. The van der Waals surface area contributed by atoms with Gasteiger partial charge in [0.25, 0.3) is 0 Å². The Kier molecular flexibility index (Phi) is 7.62. The Morgan fingerprint density at radius 3 is 2.14 bits per heavy atom. The average molecular weight is 377 g/mol. The first kappa shape index (κ1) is 20.1. The fourth-order valence-corrected chi connectivity index (χ4v) is 3.28. The Morgan fingerprint density at radius 1 is 0.786 bits per heavy atom. The largest absolute Gasteiger partial charge is 0.388 e. The molecule has 0 amide bonds. The molecule has 0 saturated heterocycles. The van der Waals surface area contributed by atoms with Gasteiger partial charge in [-0.3, -0.25) is 9.97 Å². The van der Waals surface area contributed by atoms with Crippen molar-refractivity contribution in [3.05, 3.63) is 60.4 Å². The molecule has 5 heteroatoms. The molecule has 1 atom stereocenters. The summed E-state index contributed by atoms with van der Waals surface area (Å²) in [4.78, 5) is 8.75. The van der Waals surface area contributed by atoms with Crippen LogP contribution in [0.1, 0.15) is 63.5 Å². The van der Waals surface area contributed by atoms with Crippen LogP contribution < -0.4 is 0 Å². The van der Waals surface area contributed by atoms with Gasteiger partial charge in [0.15, 0.2) is 0 Å². The molecule has 146 valence electrons. The van der Waals surface area contributed by atoms with Gasteiger partial charge in [-0.15, -0.1) is 10.2 Å². The summed E-state index contributed by atoms with van der Waals surface area (Å²) in [6, 6.07) is 13.3. The lowest BCUT2D eigenvalue weighted by Gasteiger charge is -2.15. The molecule has 1 N–H and O–H groups in total. The Labute approximate surface area is 166 Å². The SMILES string of the molecule is CCCCCCCCC(O)c1cc(-c2ccccn2)nnc1-c1ccccn1. The minimum atomic E-state index is -0.596. The first-order valence-corrected chi connectivity index (χ1v) is 10.2. The highest BCUT2D eigenvalue weighted by Crippen LogP contribution is 2.30. The molecule has 0 aliphatic heterocycles. The number of aliphatic hydroxyl groups excluding tert-OH is 1. The lowest BCUT2D eigenvalue weighted by Crippen LogP contribution is -2.05. The van der Waals surface area contributed by atoms with Crippen LogP contribution in [0.15, 0.2) is 54.9 Å². The lowest BCUT2D eigenvalue weighted by atomic mass is 9.98. The second-order valence-corrected chi connectivity index (χ2v) is 7.04. The van der Waals surface area contributed by atoms with Crippen molar-refractivity contribution in [3.63, 3.8) is 0 Å². The van der Waals surface area contributed by atoms with Crippen molar-refractivity contribution in [1.82, 2.24) is 20.2 Å². The van der Waals surface area contributed by atoms with Crippen molar-refractivity contribution in [2.45, 2.75) is 58.0 Å². The minimum absolute atomic E-state index is 0.596. The molecule has 0 spiro atoms. The maximum Gasteiger partial charge on any atom is 0.117 e. The number of pyridine rings is 2. The Balaban J connectivity index is 1.81. The lowest BCUT2D eigenvalue weighted by molar-refractivity contribution is 0.163.